The molecule has 0 saturated carbocycles. The minimum absolute atomic E-state index is 0.978. The largest absolute Gasteiger partial charge is 0.310 e. The van der Waals surface area contributed by atoms with E-state index in [4.69, 9.17) is 0 Å². The Kier molecular flexibility index (Phi) is 8.16. The summed E-state index contributed by atoms with van der Waals surface area (Å²) in [6.45, 7) is 4.39. The quantitative estimate of drug-likeness (QED) is 0.221. The third-order valence-corrected chi connectivity index (χ3v) is 7.00. The average Bonchev–Trinajstić information content (AvgIpc) is 3.00. The first-order chi connectivity index (χ1) is 18.8. The smallest absolute Gasteiger partial charge is 0.0540 e. The van der Waals surface area contributed by atoms with E-state index < -0.39 is 0 Å². The molecule has 1 heteroatoms. The average molecular weight is 494 g/mol. The van der Waals surface area contributed by atoms with Crippen LogP contribution < -0.4 is 4.90 Å². The van der Waals surface area contributed by atoms with Gasteiger partial charge in [0, 0.05) is 16.9 Å². The van der Waals surface area contributed by atoms with Crippen LogP contribution in [0, 0.1) is 0 Å². The highest BCUT2D eigenvalue weighted by atomic mass is 15.2. The molecule has 1 nitrogen and oxygen atoms in total. The molecular formula is C37H35N. The Morgan fingerprint density at radius 1 is 0.763 bits per heavy atom. The van der Waals surface area contributed by atoms with Gasteiger partial charge in [-0.3, -0.25) is 0 Å². The molecule has 0 aromatic heterocycles. The van der Waals surface area contributed by atoms with Crippen molar-refractivity contribution in [3.05, 3.63) is 156 Å². The van der Waals surface area contributed by atoms with Gasteiger partial charge in [0.15, 0.2) is 0 Å². The van der Waals surface area contributed by atoms with Gasteiger partial charge in [-0.25, -0.2) is 0 Å². The normalized spacial score (nSPS) is 13.8. The lowest BCUT2D eigenvalue weighted by Gasteiger charge is -2.33. The van der Waals surface area contributed by atoms with E-state index in [2.05, 4.69) is 158 Å². The molecule has 1 aliphatic rings. The van der Waals surface area contributed by atoms with Crippen LogP contribution in [-0.2, 0) is 0 Å². The van der Waals surface area contributed by atoms with E-state index in [-0.39, 0.29) is 0 Å². The fraction of sp³-hybridized carbons (Fsp3) is 0.135. The third kappa shape index (κ3) is 5.48. The fourth-order valence-corrected chi connectivity index (χ4v) is 5.23. The van der Waals surface area contributed by atoms with E-state index in [1.807, 2.05) is 0 Å². The highest BCUT2D eigenvalue weighted by Crippen LogP contribution is 2.42. The van der Waals surface area contributed by atoms with Gasteiger partial charge in [0.1, 0.15) is 0 Å². The summed E-state index contributed by atoms with van der Waals surface area (Å²) in [6.07, 6.45) is 14.5. The molecule has 0 saturated heterocycles. The summed E-state index contributed by atoms with van der Waals surface area (Å²) in [6, 6.07) is 39.0. The maximum atomic E-state index is 2.45. The molecule has 188 valence electrons. The number of hydrogen-bond donors (Lipinski definition) is 0. The Morgan fingerprint density at radius 3 is 2.13 bits per heavy atom. The second-order valence-corrected chi connectivity index (χ2v) is 9.49. The van der Waals surface area contributed by atoms with E-state index in [0.29, 0.717) is 0 Å². The molecule has 4 aromatic rings. The molecule has 0 heterocycles. The maximum absolute atomic E-state index is 2.45. The number of nitrogens with zero attached hydrogens (tertiary/aromatic N) is 1. The van der Waals surface area contributed by atoms with Gasteiger partial charge in [0.2, 0.25) is 0 Å². The number of para-hydroxylation sites is 1. The number of hydrogen-bond acceptors (Lipinski definition) is 1. The predicted molar refractivity (Wildman–Crippen MR) is 164 cm³/mol. The zero-order valence-corrected chi connectivity index (χ0v) is 22.3. The van der Waals surface area contributed by atoms with Crippen molar-refractivity contribution in [2.75, 3.05) is 4.90 Å². The highest BCUT2D eigenvalue weighted by molar-refractivity contribution is 5.87. The summed E-state index contributed by atoms with van der Waals surface area (Å²) < 4.78 is 0. The van der Waals surface area contributed by atoms with Crippen LogP contribution in [0.25, 0.3) is 22.3 Å². The van der Waals surface area contributed by atoms with Crippen LogP contribution in [0.5, 0.6) is 0 Å². The van der Waals surface area contributed by atoms with Gasteiger partial charge >= 0.3 is 0 Å². The number of anilines is 2. The van der Waals surface area contributed by atoms with Crippen LogP contribution in [0.15, 0.2) is 156 Å². The second-order valence-electron chi connectivity index (χ2n) is 9.49. The number of rotatable bonds is 8. The minimum atomic E-state index is 0.978. The van der Waals surface area contributed by atoms with E-state index >= 15 is 0 Å². The van der Waals surface area contributed by atoms with Crippen molar-refractivity contribution in [3.8, 4) is 22.3 Å². The Morgan fingerprint density at radius 2 is 1.45 bits per heavy atom. The number of allylic oxidation sites excluding steroid dienone is 6. The first-order valence-corrected chi connectivity index (χ1v) is 13.6. The molecule has 0 unspecified atom stereocenters. The third-order valence-electron chi connectivity index (χ3n) is 7.00. The fourth-order valence-electron chi connectivity index (χ4n) is 5.23. The molecule has 38 heavy (non-hydrogen) atoms. The molecule has 5 rings (SSSR count). The van der Waals surface area contributed by atoms with Gasteiger partial charge in [-0.15, -0.1) is 0 Å². The van der Waals surface area contributed by atoms with Crippen LogP contribution in [0.3, 0.4) is 0 Å². The van der Waals surface area contributed by atoms with Gasteiger partial charge in [0.05, 0.1) is 5.69 Å². The van der Waals surface area contributed by atoms with Gasteiger partial charge < -0.3 is 4.90 Å². The molecule has 0 amide bonds. The van der Waals surface area contributed by atoms with Crippen molar-refractivity contribution < 1.29 is 0 Å². The molecule has 0 spiro atoms. The summed E-state index contributed by atoms with van der Waals surface area (Å²) in [5.74, 6) is 0. The van der Waals surface area contributed by atoms with E-state index in [1.54, 1.807) is 0 Å². The predicted octanol–water partition coefficient (Wildman–Crippen LogP) is 10.7. The van der Waals surface area contributed by atoms with Crippen molar-refractivity contribution in [3.63, 3.8) is 0 Å². The molecule has 0 N–H and O–H groups in total. The molecule has 4 aromatic carbocycles. The standard InChI is InChI=1S/C37H35N/c1-3-17-34(30-20-10-6-11-21-30)36(4-2)38(33-25-16-24-32(28-33)29-18-8-5-9-19-29)37-27-15-14-26-35(37)31-22-12-7-13-23-31/h4-10,12-20,22-28H,3,11,21H2,1-2H3/b34-17-,36-4+. The topological polar surface area (TPSA) is 3.24 Å². The zero-order valence-electron chi connectivity index (χ0n) is 22.3. The van der Waals surface area contributed by atoms with Gasteiger partial charge in [-0.2, -0.15) is 0 Å². The van der Waals surface area contributed by atoms with Crippen molar-refractivity contribution >= 4 is 11.4 Å². The molecular weight excluding hydrogens is 458 g/mol. The van der Waals surface area contributed by atoms with Crippen LogP contribution in [0.2, 0.25) is 0 Å². The summed E-state index contributed by atoms with van der Waals surface area (Å²) >= 11 is 0. The molecule has 0 aliphatic heterocycles. The molecule has 1 aliphatic carbocycles. The second kappa shape index (κ2) is 12.3. The Labute approximate surface area is 227 Å². The SMILES string of the molecule is C/C=C(\C(=C/CC)C1=CC=CCC1)N(c1cccc(-c2ccccc2)c1)c1ccccc1-c1ccccc1. The summed E-state index contributed by atoms with van der Waals surface area (Å²) in [5.41, 5.74) is 11.1. The van der Waals surface area contributed by atoms with Crippen molar-refractivity contribution in [2.45, 2.75) is 33.1 Å². The molecule has 0 bridgehead atoms. The first-order valence-electron chi connectivity index (χ1n) is 13.6. The summed E-state index contributed by atoms with van der Waals surface area (Å²) in [7, 11) is 0. The van der Waals surface area contributed by atoms with Crippen molar-refractivity contribution in [1.29, 1.82) is 0 Å². The lowest BCUT2D eigenvalue weighted by Crippen LogP contribution is -2.20. The van der Waals surface area contributed by atoms with Gasteiger partial charge in [-0.1, -0.05) is 128 Å². The van der Waals surface area contributed by atoms with E-state index in [1.165, 1.54) is 44.8 Å². The minimum Gasteiger partial charge on any atom is -0.310 e. The summed E-state index contributed by atoms with van der Waals surface area (Å²) in [5, 5.41) is 0. The molecule has 0 fully saturated rings. The molecule has 0 radical (unpaired) electrons. The van der Waals surface area contributed by atoms with E-state index in [0.717, 1.165) is 24.9 Å². The summed E-state index contributed by atoms with van der Waals surface area (Å²) in [4.78, 5) is 2.45. The number of benzene rings is 4. The Balaban J connectivity index is 1.74. The van der Waals surface area contributed by atoms with Crippen molar-refractivity contribution in [1.82, 2.24) is 0 Å². The van der Waals surface area contributed by atoms with E-state index in [9.17, 15) is 0 Å². The Bertz CT molecular complexity index is 1490. The van der Waals surface area contributed by atoms with Crippen LogP contribution in [0.4, 0.5) is 11.4 Å². The Hall–Kier alpha value is -4.36. The maximum Gasteiger partial charge on any atom is 0.0540 e. The van der Waals surface area contributed by atoms with Gasteiger partial charge in [-0.05, 0) is 72.2 Å². The van der Waals surface area contributed by atoms with Gasteiger partial charge in [0.25, 0.3) is 0 Å². The van der Waals surface area contributed by atoms with Crippen LogP contribution in [-0.4, -0.2) is 0 Å². The van der Waals surface area contributed by atoms with Crippen LogP contribution in [0.1, 0.15) is 33.1 Å². The first kappa shape index (κ1) is 25.3. The van der Waals surface area contributed by atoms with Crippen LogP contribution >= 0.6 is 0 Å². The monoisotopic (exact) mass is 493 g/mol. The lowest BCUT2D eigenvalue weighted by molar-refractivity contribution is 0.957. The zero-order chi connectivity index (χ0) is 26.2. The highest BCUT2D eigenvalue weighted by Gasteiger charge is 2.23. The lowest BCUT2D eigenvalue weighted by atomic mass is 9.92. The van der Waals surface area contributed by atoms with Crippen molar-refractivity contribution in [2.24, 2.45) is 0 Å². The molecule has 0 atom stereocenters.